The Morgan fingerprint density at radius 1 is 1.44 bits per heavy atom. The van der Waals surface area contributed by atoms with E-state index in [9.17, 15) is 14.0 Å². The molecule has 5 heteroatoms. The van der Waals surface area contributed by atoms with E-state index < -0.39 is 17.8 Å². The van der Waals surface area contributed by atoms with E-state index in [1.807, 2.05) is 0 Å². The average Bonchev–Trinajstić information content (AvgIpc) is 3.08. The molecule has 1 saturated carbocycles. The van der Waals surface area contributed by atoms with Crippen LogP contribution in [0.25, 0.3) is 0 Å². The Morgan fingerprint density at radius 2 is 2.17 bits per heavy atom. The van der Waals surface area contributed by atoms with Gasteiger partial charge in [0.2, 0.25) is 5.91 Å². The molecule has 3 atom stereocenters. The van der Waals surface area contributed by atoms with Gasteiger partial charge in [0.25, 0.3) is 0 Å². The van der Waals surface area contributed by atoms with Crippen molar-refractivity contribution in [3.05, 3.63) is 35.6 Å². The van der Waals surface area contributed by atoms with E-state index >= 15 is 0 Å². The Bertz CT molecular complexity index is 489. The fourth-order valence-corrected chi connectivity index (χ4v) is 1.94. The van der Waals surface area contributed by atoms with E-state index in [1.54, 1.807) is 19.1 Å². The van der Waals surface area contributed by atoms with Gasteiger partial charge >= 0.3 is 5.97 Å². The number of hydrogen-bond donors (Lipinski definition) is 2. The number of carbonyl (C=O) groups is 2. The first-order chi connectivity index (χ1) is 8.49. The van der Waals surface area contributed by atoms with Crippen LogP contribution in [0.3, 0.4) is 0 Å². The van der Waals surface area contributed by atoms with Gasteiger partial charge in [-0.15, -0.1) is 0 Å². The molecule has 1 aromatic rings. The van der Waals surface area contributed by atoms with Crippen molar-refractivity contribution in [2.45, 2.75) is 19.4 Å². The molecule has 1 aliphatic carbocycles. The molecule has 1 aliphatic rings. The summed E-state index contributed by atoms with van der Waals surface area (Å²) in [5.41, 5.74) is 0.663. The number of carboxylic acid groups (broad SMARTS) is 1. The second-order valence-corrected chi connectivity index (χ2v) is 4.57. The fourth-order valence-electron chi connectivity index (χ4n) is 1.94. The van der Waals surface area contributed by atoms with Crippen molar-refractivity contribution in [3.8, 4) is 0 Å². The number of hydrogen-bond acceptors (Lipinski definition) is 2. The monoisotopic (exact) mass is 251 g/mol. The summed E-state index contributed by atoms with van der Waals surface area (Å²) in [6.07, 6.45) is 0.386. The molecule has 96 valence electrons. The van der Waals surface area contributed by atoms with Crippen LogP contribution in [0.5, 0.6) is 0 Å². The van der Waals surface area contributed by atoms with Crippen LogP contribution < -0.4 is 5.32 Å². The van der Waals surface area contributed by atoms with Gasteiger partial charge < -0.3 is 10.4 Å². The van der Waals surface area contributed by atoms with E-state index in [0.29, 0.717) is 12.0 Å². The summed E-state index contributed by atoms with van der Waals surface area (Å²) in [6.45, 7) is 1.74. The Labute approximate surface area is 104 Å². The highest BCUT2D eigenvalue weighted by atomic mass is 19.1. The first-order valence-electron chi connectivity index (χ1n) is 5.77. The number of halogens is 1. The van der Waals surface area contributed by atoms with Crippen LogP contribution in [0.4, 0.5) is 4.39 Å². The molecule has 0 radical (unpaired) electrons. The number of carbonyl (C=O) groups excluding carboxylic acids is 1. The molecular formula is C13H14FNO3. The summed E-state index contributed by atoms with van der Waals surface area (Å²) in [4.78, 5) is 22.4. The number of rotatable bonds is 4. The molecule has 18 heavy (non-hydrogen) atoms. The van der Waals surface area contributed by atoms with E-state index in [2.05, 4.69) is 5.32 Å². The lowest BCUT2D eigenvalue weighted by atomic mass is 10.1. The molecule has 0 spiro atoms. The number of amides is 1. The van der Waals surface area contributed by atoms with Crippen LogP contribution in [0.15, 0.2) is 24.3 Å². The normalized spacial score (nSPS) is 23.2. The Hall–Kier alpha value is -1.91. The SMILES string of the molecule is CC(NC(=O)[C@@H]1C[C@@H]1C(=O)O)c1cccc(F)c1. The van der Waals surface area contributed by atoms with Crippen molar-refractivity contribution in [2.75, 3.05) is 0 Å². The molecule has 1 amide bonds. The van der Waals surface area contributed by atoms with E-state index in [1.165, 1.54) is 12.1 Å². The summed E-state index contributed by atoms with van der Waals surface area (Å²) in [7, 11) is 0. The van der Waals surface area contributed by atoms with Crippen LogP contribution in [0.1, 0.15) is 24.9 Å². The average molecular weight is 251 g/mol. The Kier molecular flexibility index (Phi) is 3.32. The predicted octanol–water partition coefficient (Wildman–Crippen LogP) is 1.72. The number of benzene rings is 1. The Morgan fingerprint density at radius 3 is 2.72 bits per heavy atom. The number of aliphatic carboxylic acids is 1. The smallest absolute Gasteiger partial charge is 0.307 e. The molecule has 1 unspecified atom stereocenters. The summed E-state index contributed by atoms with van der Waals surface area (Å²) in [5, 5.41) is 11.4. The van der Waals surface area contributed by atoms with Gasteiger partial charge in [0.05, 0.1) is 17.9 Å². The third kappa shape index (κ3) is 2.67. The largest absolute Gasteiger partial charge is 0.481 e. The van der Waals surface area contributed by atoms with Crippen molar-refractivity contribution in [3.63, 3.8) is 0 Å². The number of nitrogens with one attached hydrogen (secondary N) is 1. The van der Waals surface area contributed by atoms with Gasteiger partial charge in [-0.25, -0.2) is 4.39 Å². The number of carboxylic acids is 1. The molecule has 1 fully saturated rings. The Balaban J connectivity index is 1.94. The zero-order valence-corrected chi connectivity index (χ0v) is 9.89. The third-order valence-corrected chi connectivity index (χ3v) is 3.15. The van der Waals surface area contributed by atoms with Crippen molar-refractivity contribution in [1.29, 1.82) is 0 Å². The lowest BCUT2D eigenvalue weighted by Crippen LogP contribution is -2.29. The van der Waals surface area contributed by atoms with Crippen LogP contribution in [0, 0.1) is 17.7 Å². The van der Waals surface area contributed by atoms with Gasteiger partial charge in [0.1, 0.15) is 5.82 Å². The maximum Gasteiger partial charge on any atom is 0.307 e. The minimum atomic E-state index is -0.937. The second kappa shape index (κ2) is 4.76. The van der Waals surface area contributed by atoms with Crippen molar-refractivity contribution < 1.29 is 19.1 Å². The van der Waals surface area contributed by atoms with Gasteiger partial charge in [-0.1, -0.05) is 12.1 Å². The zero-order valence-electron chi connectivity index (χ0n) is 9.89. The lowest BCUT2D eigenvalue weighted by molar-refractivity contribution is -0.140. The summed E-state index contributed by atoms with van der Waals surface area (Å²) >= 11 is 0. The van der Waals surface area contributed by atoms with Crippen LogP contribution in [-0.4, -0.2) is 17.0 Å². The minimum absolute atomic E-state index is 0.279. The first kappa shape index (κ1) is 12.5. The topological polar surface area (TPSA) is 66.4 Å². The van der Waals surface area contributed by atoms with Crippen molar-refractivity contribution >= 4 is 11.9 Å². The standard InChI is InChI=1S/C13H14FNO3/c1-7(8-3-2-4-9(14)5-8)15-12(16)10-6-11(10)13(17)18/h2-5,7,10-11H,6H2,1H3,(H,15,16)(H,17,18)/t7?,10-,11+/m1/s1. The van der Waals surface area contributed by atoms with Crippen LogP contribution in [0.2, 0.25) is 0 Å². The predicted molar refractivity (Wildman–Crippen MR) is 62.2 cm³/mol. The van der Waals surface area contributed by atoms with E-state index in [-0.39, 0.29) is 17.8 Å². The molecule has 2 N–H and O–H groups in total. The summed E-state index contributed by atoms with van der Waals surface area (Å²) in [5.74, 6) is -2.58. The minimum Gasteiger partial charge on any atom is -0.481 e. The van der Waals surface area contributed by atoms with Crippen molar-refractivity contribution in [1.82, 2.24) is 5.32 Å². The zero-order chi connectivity index (χ0) is 13.3. The maximum absolute atomic E-state index is 13.0. The maximum atomic E-state index is 13.0. The highest BCUT2D eigenvalue weighted by molar-refractivity contribution is 5.89. The molecule has 0 aliphatic heterocycles. The molecular weight excluding hydrogens is 237 g/mol. The van der Waals surface area contributed by atoms with Gasteiger partial charge in [0.15, 0.2) is 0 Å². The molecule has 2 rings (SSSR count). The van der Waals surface area contributed by atoms with Crippen molar-refractivity contribution in [2.24, 2.45) is 11.8 Å². The van der Waals surface area contributed by atoms with Crippen LogP contribution in [-0.2, 0) is 9.59 Å². The molecule has 0 saturated heterocycles. The van der Waals surface area contributed by atoms with Gasteiger partial charge in [-0.05, 0) is 31.0 Å². The first-order valence-corrected chi connectivity index (χ1v) is 5.77. The highest BCUT2D eigenvalue weighted by Gasteiger charge is 2.48. The van der Waals surface area contributed by atoms with E-state index in [4.69, 9.17) is 5.11 Å². The molecule has 4 nitrogen and oxygen atoms in total. The van der Waals surface area contributed by atoms with Gasteiger partial charge in [-0.2, -0.15) is 0 Å². The second-order valence-electron chi connectivity index (χ2n) is 4.57. The quantitative estimate of drug-likeness (QED) is 0.856. The molecule has 0 bridgehead atoms. The molecule has 0 aromatic heterocycles. The summed E-state index contributed by atoms with van der Waals surface area (Å²) in [6, 6.07) is 5.65. The molecule has 1 aromatic carbocycles. The highest BCUT2D eigenvalue weighted by Crippen LogP contribution is 2.39. The third-order valence-electron chi connectivity index (χ3n) is 3.15. The van der Waals surface area contributed by atoms with E-state index in [0.717, 1.165) is 0 Å². The van der Waals surface area contributed by atoms with Gasteiger partial charge in [-0.3, -0.25) is 9.59 Å². The molecule has 0 heterocycles. The summed E-state index contributed by atoms with van der Waals surface area (Å²) < 4.78 is 13.0. The van der Waals surface area contributed by atoms with Gasteiger partial charge in [0, 0.05) is 0 Å². The lowest BCUT2D eigenvalue weighted by Gasteiger charge is -2.14. The fraction of sp³-hybridized carbons (Fsp3) is 0.385. The van der Waals surface area contributed by atoms with Crippen LogP contribution >= 0.6 is 0 Å².